The molecule has 2 aliphatic heterocycles. The van der Waals surface area contributed by atoms with Crippen LogP contribution in [0.25, 0.3) is 0 Å². The number of hydrogen-bond acceptors (Lipinski definition) is 4. The van der Waals surface area contributed by atoms with Crippen molar-refractivity contribution in [2.75, 3.05) is 19.7 Å². The minimum atomic E-state index is -0.355. The van der Waals surface area contributed by atoms with Crippen molar-refractivity contribution >= 4 is 11.8 Å². The molecule has 3 heterocycles. The zero-order valence-corrected chi connectivity index (χ0v) is 17.7. The summed E-state index contributed by atoms with van der Waals surface area (Å²) in [6, 6.07) is 5.67. The lowest BCUT2D eigenvalue weighted by atomic mass is 9.88. The first-order chi connectivity index (χ1) is 14.7. The van der Waals surface area contributed by atoms with Crippen LogP contribution in [0.15, 0.2) is 24.4 Å². The van der Waals surface area contributed by atoms with Gasteiger partial charge >= 0.3 is 0 Å². The molecule has 4 aliphatic rings. The maximum Gasteiger partial charge on any atom is 0.249 e. The van der Waals surface area contributed by atoms with Crippen molar-refractivity contribution < 1.29 is 14.3 Å². The van der Waals surface area contributed by atoms with Crippen molar-refractivity contribution in [2.24, 2.45) is 23.7 Å². The number of nitrogens with zero attached hydrogens (tertiary/aromatic N) is 2. The van der Waals surface area contributed by atoms with Gasteiger partial charge in [0.2, 0.25) is 11.8 Å². The van der Waals surface area contributed by atoms with Gasteiger partial charge in [0.15, 0.2) is 0 Å². The van der Waals surface area contributed by atoms with Crippen LogP contribution in [0, 0.1) is 23.7 Å². The lowest BCUT2D eigenvalue weighted by molar-refractivity contribution is -0.135. The van der Waals surface area contributed by atoms with E-state index in [-0.39, 0.29) is 29.9 Å². The van der Waals surface area contributed by atoms with E-state index in [2.05, 4.69) is 15.2 Å². The summed E-state index contributed by atoms with van der Waals surface area (Å²) in [6.07, 6.45) is 10.1. The number of carbonyl (C=O) groups excluding carboxylic acids is 2. The van der Waals surface area contributed by atoms with Crippen LogP contribution in [0.1, 0.15) is 63.1 Å². The van der Waals surface area contributed by atoms with Gasteiger partial charge in [0.25, 0.3) is 0 Å². The van der Waals surface area contributed by atoms with Crippen LogP contribution in [0.5, 0.6) is 0 Å². The average Bonchev–Trinajstić information content (AvgIpc) is 3.25. The Balaban J connectivity index is 1.29. The van der Waals surface area contributed by atoms with E-state index in [0.717, 1.165) is 37.9 Å². The Morgan fingerprint density at radius 1 is 1.07 bits per heavy atom. The van der Waals surface area contributed by atoms with Crippen LogP contribution in [0.4, 0.5) is 0 Å². The number of fused-ring (bicyclic) bond motifs is 1. The van der Waals surface area contributed by atoms with E-state index in [9.17, 15) is 9.59 Å². The van der Waals surface area contributed by atoms with Crippen LogP contribution in [0.3, 0.4) is 0 Å². The second-order valence-electron chi connectivity index (χ2n) is 9.57. The largest absolute Gasteiger partial charge is 0.368 e. The third-order valence-electron chi connectivity index (χ3n) is 7.71. The Morgan fingerprint density at radius 3 is 2.60 bits per heavy atom. The van der Waals surface area contributed by atoms with Gasteiger partial charge in [-0.3, -0.25) is 14.6 Å². The third-order valence-corrected chi connectivity index (χ3v) is 7.71. The van der Waals surface area contributed by atoms with Gasteiger partial charge in [0.1, 0.15) is 6.10 Å². The highest BCUT2D eigenvalue weighted by Gasteiger charge is 2.56. The maximum atomic E-state index is 13.3. The summed E-state index contributed by atoms with van der Waals surface area (Å²) in [5.74, 6) is 2.04. The fourth-order valence-corrected chi connectivity index (χ4v) is 6.08. The highest BCUT2D eigenvalue weighted by atomic mass is 16.5. The van der Waals surface area contributed by atoms with Gasteiger partial charge in [-0.1, -0.05) is 18.9 Å². The molecule has 162 valence electrons. The molecule has 4 fully saturated rings. The number of nitrogens with one attached hydrogen (secondary N) is 1. The van der Waals surface area contributed by atoms with Crippen LogP contribution in [-0.4, -0.2) is 47.5 Å². The number of likely N-dealkylation sites (tertiary alicyclic amines) is 1. The van der Waals surface area contributed by atoms with E-state index in [1.54, 1.807) is 6.20 Å². The van der Waals surface area contributed by atoms with Crippen LogP contribution < -0.4 is 5.32 Å². The summed E-state index contributed by atoms with van der Waals surface area (Å²) in [6.45, 7) is 2.21. The molecule has 6 nitrogen and oxygen atoms in total. The number of piperidine rings is 1. The molecule has 1 aromatic heterocycles. The molecule has 6 atom stereocenters. The van der Waals surface area contributed by atoms with E-state index in [0.29, 0.717) is 30.9 Å². The molecule has 1 unspecified atom stereocenters. The SMILES string of the molecule is O=C(N[C@H](c1ccccn1)[C@@H]1CCCN(C(=O)C2[C@H]3CCCC[C@@H]23)C1)[C@@H]1CCCO1. The van der Waals surface area contributed by atoms with Crippen LogP contribution >= 0.6 is 0 Å². The zero-order valence-electron chi connectivity index (χ0n) is 17.7. The van der Waals surface area contributed by atoms with Crippen molar-refractivity contribution in [3.05, 3.63) is 30.1 Å². The van der Waals surface area contributed by atoms with Gasteiger partial charge in [0.05, 0.1) is 11.7 Å². The Kier molecular flexibility index (Phi) is 5.77. The molecule has 0 radical (unpaired) electrons. The number of rotatable bonds is 5. The summed E-state index contributed by atoms with van der Waals surface area (Å²) in [7, 11) is 0. The fraction of sp³-hybridized carbons (Fsp3) is 0.708. The number of amides is 2. The molecule has 0 aromatic carbocycles. The molecular formula is C24H33N3O3. The second kappa shape index (κ2) is 8.66. The summed E-state index contributed by atoms with van der Waals surface area (Å²) >= 11 is 0. The molecule has 0 spiro atoms. The summed E-state index contributed by atoms with van der Waals surface area (Å²) in [5, 5.41) is 3.23. The molecule has 2 saturated heterocycles. The lowest BCUT2D eigenvalue weighted by Crippen LogP contribution is -2.47. The molecule has 2 saturated carbocycles. The molecule has 1 N–H and O–H groups in total. The minimum Gasteiger partial charge on any atom is -0.368 e. The molecule has 30 heavy (non-hydrogen) atoms. The first kappa shape index (κ1) is 20.0. The van der Waals surface area contributed by atoms with Crippen molar-refractivity contribution in [2.45, 2.75) is 63.5 Å². The Labute approximate surface area is 178 Å². The first-order valence-corrected chi connectivity index (χ1v) is 11.8. The van der Waals surface area contributed by atoms with E-state index in [1.807, 2.05) is 18.2 Å². The van der Waals surface area contributed by atoms with Gasteiger partial charge in [0, 0.05) is 37.7 Å². The van der Waals surface area contributed by atoms with Crippen molar-refractivity contribution in [1.82, 2.24) is 15.2 Å². The number of ether oxygens (including phenoxy) is 1. The van der Waals surface area contributed by atoms with Crippen molar-refractivity contribution in [3.8, 4) is 0 Å². The number of carbonyl (C=O) groups is 2. The molecule has 2 aliphatic carbocycles. The summed E-state index contributed by atoms with van der Waals surface area (Å²) < 4.78 is 5.60. The second-order valence-corrected chi connectivity index (χ2v) is 9.57. The predicted octanol–water partition coefficient (Wildman–Crippen LogP) is 3.09. The van der Waals surface area contributed by atoms with Gasteiger partial charge in [-0.25, -0.2) is 0 Å². The number of hydrogen-bond donors (Lipinski definition) is 1. The molecule has 1 aromatic rings. The van der Waals surface area contributed by atoms with Crippen LogP contribution in [-0.2, 0) is 14.3 Å². The molecule has 6 heteroatoms. The number of aromatic nitrogens is 1. The normalized spacial score (nSPS) is 34.1. The van der Waals surface area contributed by atoms with E-state index in [1.165, 1.54) is 25.7 Å². The Hall–Kier alpha value is -1.95. The van der Waals surface area contributed by atoms with Gasteiger partial charge in [-0.15, -0.1) is 0 Å². The van der Waals surface area contributed by atoms with Gasteiger partial charge in [-0.2, -0.15) is 0 Å². The lowest BCUT2D eigenvalue weighted by Gasteiger charge is -2.37. The highest BCUT2D eigenvalue weighted by Crippen LogP contribution is 2.56. The van der Waals surface area contributed by atoms with Crippen molar-refractivity contribution in [3.63, 3.8) is 0 Å². The number of pyridine rings is 1. The third kappa shape index (κ3) is 3.98. The quantitative estimate of drug-likeness (QED) is 0.808. The smallest absolute Gasteiger partial charge is 0.249 e. The highest BCUT2D eigenvalue weighted by molar-refractivity contribution is 5.83. The Bertz CT molecular complexity index is 752. The van der Waals surface area contributed by atoms with Crippen molar-refractivity contribution in [1.29, 1.82) is 0 Å². The summed E-state index contributed by atoms with van der Waals surface area (Å²) in [5.41, 5.74) is 0.878. The van der Waals surface area contributed by atoms with E-state index in [4.69, 9.17) is 4.74 Å². The van der Waals surface area contributed by atoms with Gasteiger partial charge in [-0.05, 0) is 62.5 Å². The van der Waals surface area contributed by atoms with Crippen LogP contribution in [0.2, 0.25) is 0 Å². The zero-order chi connectivity index (χ0) is 20.5. The monoisotopic (exact) mass is 411 g/mol. The summed E-state index contributed by atoms with van der Waals surface area (Å²) in [4.78, 5) is 32.7. The van der Waals surface area contributed by atoms with E-state index >= 15 is 0 Å². The predicted molar refractivity (Wildman–Crippen MR) is 112 cm³/mol. The average molecular weight is 412 g/mol. The molecular weight excluding hydrogens is 378 g/mol. The maximum absolute atomic E-state index is 13.3. The fourth-order valence-electron chi connectivity index (χ4n) is 6.08. The minimum absolute atomic E-state index is 0.0418. The first-order valence-electron chi connectivity index (χ1n) is 11.8. The van der Waals surface area contributed by atoms with Gasteiger partial charge < -0.3 is 15.0 Å². The Morgan fingerprint density at radius 2 is 1.90 bits per heavy atom. The topological polar surface area (TPSA) is 71.5 Å². The van der Waals surface area contributed by atoms with E-state index < -0.39 is 0 Å². The molecule has 2 amide bonds. The molecule has 5 rings (SSSR count). The molecule has 0 bridgehead atoms. The standard InChI is InChI=1S/C24H33N3O3/c28-23(20-11-6-14-30-20)26-22(19-10-3-4-12-25-19)16-7-5-13-27(15-16)24(29)21-17-8-1-2-9-18(17)21/h3-4,10,12,16-18,20-22H,1-2,5-9,11,13-15H2,(H,26,28)/t16-,17-,18+,20+,21?,22+/m1/s1.